The highest BCUT2D eigenvalue weighted by Gasteiger charge is 2.14. The summed E-state index contributed by atoms with van der Waals surface area (Å²) in [5.74, 6) is 0.969. The maximum atomic E-state index is 6.39. The van der Waals surface area contributed by atoms with Crippen molar-refractivity contribution in [1.82, 2.24) is 4.98 Å². The summed E-state index contributed by atoms with van der Waals surface area (Å²) in [5.41, 5.74) is 11.9. The van der Waals surface area contributed by atoms with Crippen molar-refractivity contribution in [3.8, 4) is 0 Å². The Morgan fingerprint density at radius 2 is 1.89 bits per heavy atom. The number of hydrogen-bond donors (Lipinski definition) is 1. The molecule has 1 heterocycles. The molecule has 0 amide bonds. The van der Waals surface area contributed by atoms with Crippen molar-refractivity contribution in [1.29, 1.82) is 0 Å². The average Bonchev–Trinajstić information content (AvgIpc) is 2.37. The van der Waals surface area contributed by atoms with E-state index in [0.29, 0.717) is 11.8 Å². The van der Waals surface area contributed by atoms with E-state index in [1.54, 1.807) is 0 Å². The fourth-order valence-electron chi connectivity index (χ4n) is 2.72. The second-order valence-corrected chi connectivity index (χ2v) is 5.77. The van der Waals surface area contributed by atoms with Gasteiger partial charge in [-0.2, -0.15) is 0 Å². The van der Waals surface area contributed by atoms with Crippen molar-refractivity contribution in [2.24, 2.45) is 0 Å². The van der Waals surface area contributed by atoms with Gasteiger partial charge in [0.1, 0.15) is 0 Å². The molecule has 0 spiro atoms. The molecule has 0 aliphatic carbocycles. The van der Waals surface area contributed by atoms with E-state index in [4.69, 9.17) is 10.7 Å². The molecular weight excluding hydrogens is 232 g/mol. The molecule has 102 valence electrons. The summed E-state index contributed by atoms with van der Waals surface area (Å²) in [6, 6.07) is 6.50. The summed E-state index contributed by atoms with van der Waals surface area (Å²) >= 11 is 0. The first-order chi connectivity index (χ1) is 8.95. The van der Waals surface area contributed by atoms with Crippen LogP contribution in [0.5, 0.6) is 0 Å². The van der Waals surface area contributed by atoms with Crippen molar-refractivity contribution >= 4 is 16.6 Å². The van der Waals surface area contributed by atoms with Gasteiger partial charge in [0.15, 0.2) is 0 Å². The van der Waals surface area contributed by atoms with Crippen molar-refractivity contribution < 1.29 is 0 Å². The highest BCUT2D eigenvalue weighted by Crippen LogP contribution is 2.33. The molecule has 0 fully saturated rings. The molecule has 2 nitrogen and oxygen atoms in total. The Hall–Kier alpha value is -1.57. The number of benzene rings is 1. The van der Waals surface area contributed by atoms with Gasteiger partial charge < -0.3 is 5.73 Å². The zero-order valence-electron chi connectivity index (χ0n) is 12.6. The van der Waals surface area contributed by atoms with Crippen molar-refractivity contribution in [2.75, 3.05) is 5.73 Å². The highest BCUT2D eigenvalue weighted by atomic mass is 14.7. The first kappa shape index (κ1) is 13.9. The number of nitrogen functional groups attached to an aromatic ring is 1. The Morgan fingerprint density at radius 3 is 2.47 bits per heavy atom. The lowest BCUT2D eigenvalue weighted by Gasteiger charge is -2.17. The molecule has 1 atom stereocenters. The predicted molar refractivity (Wildman–Crippen MR) is 83.7 cm³/mol. The highest BCUT2D eigenvalue weighted by molar-refractivity contribution is 5.93. The number of anilines is 1. The van der Waals surface area contributed by atoms with Crippen LogP contribution in [0.2, 0.25) is 0 Å². The molecule has 0 saturated carbocycles. The van der Waals surface area contributed by atoms with Gasteiger partial charge >= 0.3 is 0 Å². The predicted octanol–water partition coefficient (Wildman–Crippen LogP) is 4.76. The Labute approximate surface area is 116 Å². The van der Waals surface area contributed by atoms with E-state index in [1.807, 2.05) is 6.92 Å². The van der Waals surface area contributed by atoms with E-state index in [-0.39, 0.29) is 0 Å². The standard InChI is InChI=1S/C17H24N2/c1-6-11(4)13-7-8-15-14(9-13)17(18)16(10(2)3)12(5)19-15/h7-11H,6H2,1-5H3,(H2,18,19). The maximum Gasteiger partial charge on any atom is 0.0726 e. The largest absolute Gasteiger partial charge is 0.398 e. The molecule has 0 aliphatic rings. The molecule has 2 aromatic rings. The molecule has 0 bridgehead atoms. The van der Waals surface area contributed by atoms with Crippen LogP contribution in [-0.2, 0) is 0 Å². The summed E-state index contributed by atoms with van der Waals surface area (Å²) in [6.45, 7) is 10.9. The molecule has 19 heavy (non-hydrogen) atoms. The van der Waals surface area contributed by atoms with Gasteiger partial charge in [0.2, 0.25) is 0 Å². The van der Waals surface area contributed by atoms with Crippen LogP contribution in [0.3, 0.4) is 0 Å². The van der Waals surface area contributed by atoms with Crippen molar-refractivity contribution in [3.05, 3.63) is 35.0 Å². The second-order valence-electron chi connectivity index (χ2n) is 5.77. The summed E-state index contributed by atoms with van der Waals surface area (Å²) in [5, 5.41) is 1.10. The third-order valence-electron chi connectivity index (χ3n) is 4.04. The van der Waals surface area contributed by atoms with Crippen LogP contribution in [-0.4, -0.2) is 4.98 Å². The number of rotatable bonds is 3. The van der Waals surface area contributed by atoms with Crippen LogP contribution in [0.15, 0.2) is 18.2 Å². The smallest absolute Gasteiger partial charge is 0.0726 e. The van der Waals surface area contributed by atoms with E-state index < -0.39 is 0 Å². The van der Waals surface area contributed by atoms with Gasteiger partial charge in [0.05, 0.1) is 5.52 Å². The summed E-state index contributed by atoms with van der Waals surface area (Å²) in [7, 11) is 0. The molecule has 0 radical (unpaired) electrons. The van der Waals surface area contributed by atoms with Crippen molar-refractivity contribution in [3.63, 3.8) is 0 Å². The Bertz CT molecular complexity index is 600. The van der Waals surface area contributed by atoms with Gasteiger partial charge in [-0.3, -0.25) is 4.98 Å². The first-order valence-electron chi connectivity index (χ1n) is 7.15. The van der Waals surface area contributed by atoms with E-state index in [2.05, 4.69) is 45.9 Å². The molecule has 0 aliphatic heterocycles. The van der Waals surface area contributed by atoms with Crippen LogP contribution in [0.1, 0.15) is 62.8 Å². The fraction of sp³-hybridized carbons (Fsp3) is 0.471. The van der Waals surface area contributed by atoms with Crippen LogP contribution in [0.25, 0.3) is 10.9 Å². The maximum absolute atomic E-state index is 6.39. The molecule has 2 rings (SSSR count). The number of hydrogen-bond acceptors (Lipinski definition) is 2. The van der Waals surface area contributed by atoms with Crippen LogP contribution in [0, 0.1) is 6.92 Å². The van der Waals surface area contributed by atoms with Crippen molar-refractivity contribution in [2.45, 2.75) is 52.9 Å². The molecule has 2 heteroatoms. The summed E-state index contributed by atoms with van der Waals surface area (Å²) in [6.07, 6.45) is 1.14. The number of pyridine rings is 1. The average molecular weight is 256 g/mol. The minimum absolute atomic E-state index is 0.407. The zero-order valence-corrected chi connectivity index (χ0v) is 12.6. The third-order valence-corrected chi connectivity index (χ3v) is 4.04. The molecular formula is C17H24N2. The fourth-order valence-corrected chi connectivity index (χ4v) is 2.72. The van der Waals surface area contributed by atoms with Crippen LogP contribution < -0.4 is 5.73 Å². The number of nitrogens with two attached hydrogens (primary N) is 1. The zero-order chi connectivity index (χ0) is 14.2. The minimum atomic E-state index is 0.407. The third kappa shape index (κ3) is 2.44. The first-order valence-corrected chi connectivity index (χ1v) is 7.15. The summed E-state index contributed by atoms with van der Waals surface area (Å²) < 4.78 is 0. The van der Waals surface area contributed by atoms with Crippen LogP contribution in [0.4, 0.5) is 5.69 Å². The Kier molecular flexibility index (Phi) is 3.79. The Balaban J connectivity index is 2.70. The lowest BCUT2D eigenvalue weighted by atomic mass is 9.93. The Morgan fingerprint density at radius 1 is 1.21 bits per heavy atom. The number of nitrogens with zero attached hydrogens (tertiary/aromatic N) is 1. The number of aryl methyl sites for hydroxylation is 1. The molecule has 1 aromatic carbocycles. The molecule has 1 aromatic heterocycles. The van der Waals surface area contributed by atoms with E-state index in [0.717, 1.165) is 28.7 Å². The topological polar surface area (TPSA) is 38.9 Å². The second kappa shape index (κ2) is 5.20. The summed E-state index contributed by atoms with van der Waals surface area (Å²) in [4.78, 5) is 4.70. The normalized spacial score (nSPS) is 13.2. The van der Waals surface area contributed by atoms with E-state index in [1.165, 1.54) is 11.1 Å². The van der Waals surface area contributed by atoms with Crippen LogP contribution >= 0.6 is 0 Å². The lowest BCUT2D eigenvalue weighted by Crippen LogP contribution is -2.04. The molecule has 2 N–H and O–H groups in total. The number of aromatic nitrogens is 1. The quantitative estimate of drug-likeness (QED) is 0.859. The van der Waals surface area contributed by atoms with Gasteiger partial charge in [-0.1, -0.05) is 33.8 Å². The lowest BCUT2D eigenvalue weighted by molar-refractivity contribution is 0.734. The van der Waals surface area contributed by atoms with E-state index >= 15 is 0 Å². The van der Waals surface area contributed by atoms with E-state index in [9.17, 15) is 0 Å². The molecule has 0 saturated heterocycles. The van der Waals surface area contributed by atoms with Gasteiger partial charge in [0.25, 0.3) is 0 Å². The van der Waals surface area contributed by atoms with Gasteiger partial charge in [-0.15, -0.1) is 0 Å². The SMILES string of the molecule is CCC(C)c1ccc2nc(C)c(C(C)C)c(N)c2c1. The van der Waals surface area contributed by atoms with Gasteiger partial charge in [-0.25, -0.2) is 0 Å². The molecule has 1 unspecified atom stereocenters. The van der Waals surface area contributed by atoms with Gasteiger partial charge in [0, 0.05) is 16.8 Å². The number of fused-ring (bicyclic) bond motifs is 1. The monoisotopic (exact) mass is 256 g/mol. The van der Waals surface area contributed by atoms with Gasteiger partial charge in [-0.05, 0) is 48.4 Å². The minimum Gasteiger partial charge on any atom is -0.398 e.